The molecular formula is C14H28N2O3S. The summed E-state index contributed by atoms with van der Waals surface area (Å²) in [6.07, 6.45) is 7.32. The third kappa shape index (κ3) is 4.16. The van der Waals surface area contributed by atoms with Crippen LogP contribution in [0.5, 0.6) is 0 Å². The van der Waals surface area contributed by atoms with Crippen LogP contribution in [-0.4, -0.2) is 43.6 Å². The SMILES string of the molecule is CC1CCCCCC1NS(=O)(=O)N1CCCC(CO)C1. The van der Waals surface area contributed by atoms with E-state index in [0.717, 1.165) is 32.1 Å². The van der Waals surface area contributed by atoms with Crippen molar-refractivity contribution in [3.8, 4) is 0 Å². The van der Waals surface area contributed by atoms with Crippen LogP contribution >= 0.6 is 0 Å². The first-order chi connectivity index (χ1) is 9.53. The van der Waals surface area contributed by atoms with Crippen LogP contribution in [0.15, 0.2) is 0 Å². The van der Waals surface area contributed by atoms with Crippen LogP contribution < -0.4 is 4.72 Å². The summed E-state index contributed by atoms with van der Waals surface area (Å²) in [5.41, 5.74) is 0. The van der Waals surface area contributed by atoms with Crippen LogP contribution in [0.3, 0.4) is 0 Å². The van der Waals surface area contributed by atoms with Crippen LogP contribution in [0, 0.1) is 11.8 Å². The van der Waals surface area contributed by atoms with Gasteiger partial charge in [-0.25, -0.2) is 0 Å². The minimum Gasteiger partial charge on any atom is -0.396 e. The highest BCUT2D eigenvalue weighted by Crippen LogP contribution is 2.25. The van der Waals surface area contributed by atoms with Crippen molar-refractivity contribution in [3.63, 3.8) is 0 Å². The monoisotopic (exact) mass is 304 g/mol. The second-order valence-corrected chi connectivity index (χ2v) is 8.10. The Morgan fingerprint density at radius 1 is 1.15 bits per heavy atom. The van der Waals surface area contributed by atoms with Gasteiger partial charge < -0.3 is 5.11 Å². The number of aliphatic hydroxyl groups excluding tert-OH is 1. The van der Waals surface area contributed by atoms with Gasteiger partial charge in [0.05, 0.1) is 0 Å². The van der Waals surface area contributed by atoms with Crippen molar-refractivity contribution in [3.05, 3.63) is 0 Å². The summed E-state index contributed by atoms with van der Waals surface area (Å²) in [4.78, 5) is 0. The third-order valence-corrected chi connectivity index (χ3v) is 6.35. The van der Waals surface area contributed by atoms with E-state index < -0.39 is 10.2 Å². The lowest BCUT2D eigenvalue weighted by molar-refractivity contribution is 0.164. The van der Waals surface area contributed by atoms with E-state index in [1.807, 2.05) is 0 Å². The minimum atomic E-state index is -3.40. The fourth-order valence-corrected chi connectivity index (χ4v) is 4.99. The Bertz CT molecular complexity index is 399. The van der Waals surface area contributed by atoms with E-state index >= 15 is 0 Å². The van der Waals surface area contributed by atoms with Crippen molar-refractivity contribution in [2.75, 3.05) is 19.7 Å². The molecule has 118 valence electrons. The van der Waals surface area contributed by atoms with Gasteiger partial charge in [0.25, 0.3) is 10.2 Å². The molecule has 0 radical (unpaired) electrons. The van der Waals surface area contributed by atoms with Crippen LogP contribution in [-0.2, 0) is 10.2 Å². The molecule has 1 heterocycles. The van der Waals surface area contributed by atoms with E-state index in [1.54, 1.807) is 0 Å². The summed E-state index contributed by atoms with van der Waals surface area (Å²) in [5, 5.41) is 9.23. The molecule has 0 aromatic heterocycles. The van der Waals surface area contributed by atoms with Gasteiger partial charge in [0.2, 0.25) is 0 Å². The van der Waals surface area contributed by atoms with E-state index in [2.05, 4.69) is 11.6 Å². The molecule has 6 heteroatoms. The van der Waals surface area contributed by atoms with Crippen molar-refractivity contribution in [1.82, 2.24) is 9.03 Å². The molecule has 2 aliphatic rings. The number of nitrogens with one attached hydrogen (secondary N) is 1. The van der Waals surface area contributed by atoms with Crippen molar-refractivity contribution in [1.29, 1.82) is 0 Å². The fourth-order valence-electron chi connectivity index (χ4n) is 3.33. The predicted octanol–water partition coefficient (Wildman–Crippen LogP) is 1.49. The Kier molecular flexibility index (Phi) is 5.84. The van der Waals surface area contributed by atoms with Gasteiger partial charge >= 0.3 is 0 Å². The number of piperidine rings is 1. The van der Waals surface area contributed by atoms with Crippen LogP contribution in [0.25, 0.3) is 0 Å². The molecule has 0 aromatic carbocycles. The van der Waals surface area contributed by atoms with Crippen molar-refractivity contribution in [2.24, 2.45) is 11.8 Å². The quantitative estimate of drug-likeness (QED) is 0.773. The highest BCUT2D eigenvalue weighted by atomic mass is 32.2. The summed E-state index contributed by atoms with van der Waals surface area (Å²) < 4.78 is 29.5. The van der Waals surface area contributed by atoms with Gasteiger partial charge in [-0.15, -0.1) is 0 Å². The Morgan fingerprint density at radius 3 is 2.65 bits per heavy atom. The van der Waals surface area contributed by atoms with Gasteiger partial charge in [0.15, 0.2) is 0 Å². The van der Waals surface area contributed by atoms with E-state index in [4.69, 9.17) is 0 Å². The van der Waals surface area contributed by atoms with Crippen LogP contribution in [0.4, 0.5) is 0 Å². The van der Waals surface area contributed by atoms with E-state index in [-0.39, 0.29) is 18.6 Å². The molecule has 0 amide bonds. The zero-order chi connectivity index (χ0) is 14.6. The number of hydrogen-bond acceptors (Lipinski definition) is 3. The van der Waals surface area contributed by atoms with Gasteiger partial charge in [0, 0.05) is 25.7 Å². The van der Waals surface area contributed by atoms with E-state index in [1.165, 1.54) is 17.1 Å². The van der Waals surface area contributed by atoms with Crippen molar-refractivity contribution in [2.45, 2.75) is 57.9 Å². The van der Waals surface area contributed by atoms with E-state index in [9.17, 15) is 13.5 Å². The molecule has 2 rings (SSSR count). The zero-order valence-electron chi connectivity index (χ0n) is 12.4. The highest BCUT2D eigenvalue weighted by molar-refractivity contribution is 7.87. The molecule has 0 aromatic rings. The van der Waals surface area contributed by atoms with Gasteiger partial charge in [-0.1, -0.05) is 26.2 Å². The first kappa shape index (κ1) is 16.2. The lowest BCUT2D eigenvalue weighted by Gasteiger charge is -2.33. The molecule has 5 nitrogen and oxygen atoms in total. The van der Waals surface area contributed by atoms with Crippen molar-refractivity contribution >= 4 is 10.2 Å². The largest absolute Gasteiger partial charge is 0.396 e. The van der Waals surface area contributed by atoms with Crippen molar-refractivity contribution < 1.29 is 13.5 Å². The molecular weight excluding hydrogens is 276 g/mol. The number of nitrogens with zero attached hydrogens (tertiary/aromatic N) is 1. The summed E-state index contributed by atoms with van der Waals surface area (Å²) >= 11 is 0. The summed E-state index contributed by atoms with van der Waals surface area (Å²) in [7, 11) is -3.40. The first-order valence-electron chi connectivity index (χ1n) is 7.91. The molecule has 1 saturated carbocycles. The Hall–Kier alpha value is -0.170. The highest BCUT2D eigenvalue weighted by Gasteiger charge is 2.32. The van der Waals surface area contributed by atoms with Gasteiger partial charge in [0.1, 0.15) is 0 Å². The molecule has 3 atom stereocenters. The minimum absolute atomic E-state index is 0.0667. The lowest BCUT2D eigenvalue weighted by atomic mass is 9.98. The molecule has 2 N–H and O–H groups in total. The fraction of sp³-hybridized carbons (Fsp3) is 1.00. The second-order valence-electron chi connectivity index (χ2n) is 6.39. The maximum atomic E-state index is 12.5. The smallest absolute Gasteiger partial charge is 0.279 e. The zero-order valence-corrected chi connectivity index (χ0v) is 13.2. The molecule has 20 heavy (non-hydrogen) atoms. The van der Waals surface area contributed by atoms with E-state index in [0.29, 0.717) is 19.0 Å². The van der Waals surface area contributed by atoms with Crippen LogP contribution in [0.2, 0.25) is 0 Å². The van der Waals surface area contributed by atoms with Gasteiger partial charge in [-0.3, -0.25) is 0 Å². The third-order valence-electron chi connectivity index (χ3n) is 4.74. The number of hydrogen-bond donors (Lipinski definition) is 2. The first-order valence-corrected chi connectivity index (χ1v) is 9.35. The molecule has 0 spiro atoms. The molecule has 2 fully saturated rings. The molecule has 1 saturated heterocycles. The van der Waals surface area contributed by atoms with Crippen LogP contribution in [0.1, 0.15) is 51.9 Å². The Labute approximate surface area is 122 Å². The average Bonchev–Trinajstić information content (AvgIpc) is 2.64. The standard InChI is InChI=1S/C14H28N2O3S/c1-12-6-3-2-4-8-14(12)15-20(18,19)16-9-5-7-13(10-16)11-17/h12-15,17H,2-11H2,1H3. The molecule has 1 aliphatic carbocycles. The topological polar surface area (TPSA) is 69.6 Å². The normalized spacial score (nSPS) is 33.8. The predicted molar refractivity (Wildman–Crippen MR) is 79.5 cm³/mol. The maximum absolute atomic E-state index is 12.5. The number of aliphatic hydroxyl groups is 1. The summed E-state index contributed by atoms with van der Waals surface area (Å²) in [5.74, 6) is 0.498. The average molecular weight is 304 g/mol. The van der Waals surface area contributed by atoms with Gasteiger partial charge in [-0.2, -0.15) is 17.4 Å². The second kappa shape index (κ2) is 7.20. The lowest BCUT2D eigenvalue weighted by Crippen LogP contribution is -2.50. The summed E-state index contributed by atoms with van der Waals surface area (Å²) in [6, 6.07) is 0.0667. The number of rotatable bonds is 4. The van der Waals surface area contributed by atoms with Gasteiger partial charge in [-0.05, 0) is 37.5 Å². The Balaban J connectivity index is 1.98. The molecule has 0 bridgehead atoms. The maximum Gasteiger partial charge on any atom is 0.279 e. The molecule has 1 aliphatic heterocycles. The molecule has 3 unspecified atom stereocenters. The summed E-state index contributed by atoms with van der Waals surface area (Å²) in [6.45, 7) is 3.25. The Morgan fingerprint density at radius 2 is 1.90 bits per heavy atom.